The first-order valence-electron chi connectivity index (χ1n) is 7.56. The van der Waals surface area contributed by atoms with Crippen molar-refractivity contribution in [1.82, 2.24) is 10.3 Å². The standard InChI is InChI=1S/C17H23N3O2S.ClH/c1-17(2,3)12-4-6-13(7-5-12)22-9-8-19-16(21)14-11-23-15(10-18)20-14;/h4-7,11H,8-10,18H2,1-3H3,(H,19,21);1H. The maximum atomic E-state index is 11.9. The second-order valence-corrected chi connectivity index (χ2v) is 7.15. The topological polar surface area (TPSA) is 77.2 Å². The van der Waals surface area contributed by atoms with Crippen LogP contribution in [0.1, 0.15) is 41.8 Å². The fourth-order valence-electron chi connectivity index (χ4n) is 1.98. The second kappa shape index (κ2) is 9.01. The fraction of sp³-hybridized carbons (Fsp3) is 0.412. The molecule has 1 amide bonds. The van der Waals surface area contributed by atoms with Crippen LogP contribution in [0.25, 0.3) is 0 Å². The lowest BCUT2D eigenvalue weighted by Gasteiger charge is -2.19. The van der Waals surface area contributed by atoms with Gasteiger partial charge in [0.2, 0.25) is 0 Å². The number of nitrogens with zero attached hydrogens (tertiary/aromatic N) is 1. The molecule has 5 nitrogen and oxygen atoms in total. The molecule has 2 rings (SSSR count). The van der Waals surface area contributed by atoms with E-state index in [4.69, 9.17) is 10.5 Å². The van der Waals surface area contributed by atoms with E-state index in [-0.39, 0.29) is 23.7 Å². The van der Waals surface area contributed by atoms with E-state index in [0.29, 0.717) is 25.4 Å². The Labute approximate surface area is 153 Å². The number of nitrogens with one attached hydrogen (secondary N) is 1. The van der Waals surface area contributed by atoms with Gasteiger partial charge in [-0.25, -0.2) is 4.98 Å². The van der Waals surface area contributed by atoms with Gasteiger partial charge in [-0.1, -0.05) is 32.9 Å². The number of amides is 1. The van der Waals surface area contributed by atoms with Gasteiger partial charge in [0.05, 0.1) is 6.54 Å². The van der Waals surface area contributed by atoms with E-state index in [1.165, 1.54) is 16.9 Å². The largest absolute Gasteiger partial charge is 0.492 e. The van der Waals surface area contributed by atoms with Crippen molar-refractivity contribution < 1.29 is 9.53 Å². The molecule has 0 unspecified atom stereocenters. The van der Waals surface area contributed by atoms with Gasteiger partial charge >= 0.3 is 0 Å². The second-order valence-electron chi connectivity index (χ2n) is 6.21. The van der Waals surface area contributed by atoms with E-state index >= 15 is 0 Å². The van der Waals surface area contributed by atoms with Crippen LogP contribution < -0.4 is 15.8 Å². The van der Waals surface area contributed by atoms with Crippen molar-refractivity contribution >= 4 is 29.7 Å². The minimum absolute atomic E-state index is 0. The smallest absolute Gasteiger partial charge is 0.270 e. The number of halogens is 1. The van der Waals surface area contributed by atoms with Crippen LogP contribution in [0.3, 0.4) is 0 Å². The number of thiazole rings is 1. The normalized spacial score (nSPS) is 10.8. The van der Waals surface area contributed by atoms with Gasteiger partial charge in [0.25, 0.3) is 5.91 Å². The monoisotopic (exact) mass is 369 g/mol. The summed E-state index contributed by atoms with van der Waals surface area (Å²) in [6, 6.07) is 8.04. The highest BCUT2D eigenvalue weighted by molar-refractivity contribution is 7.09. The highest BCUT2D eigenvalue weighted by Gasteiger charge is 2.13. The molecular weight excluding hydrogens is 346 g/mol. The van der Waals surface area contributed by atoms with Crippen LogP contribution >= 0.6 is 23.7 Å². The molecule has 0 aliphatic rings. The quantitative estimate of drug-likeness (QED) is 0.767. The summed E-state index contributed by atoms with van der Waals surface area (Å²) in [5, 5.41) is 5.25. The van der Waals surface area contributed by atoms with Gasteiger partial charge in [-0.3, -0.25) is 4.79 Å². The molecule has 132 valence electrons. The highest BCUT2D eigenvalue weighted by atomic mass is 35.5. The van der Waals surface area contributed by atoms with E-state index < -0.39 is 0 Å². The maximum Gasteiger partial charge on any atom is 0.270 e. The summed E-state index contributed by atoms with van der Waals surface area (Å²) in [6.45, 7) is 7.71. The van der Waals surface area contributed by atoms with E-state index in [0.717, 1.165) is 10.8 Å². The molecule has 0 atom stereocenters. The minimum atomic E-state index is -0.201. The van der Waals surface area contributed by atoms with Crippen molar-refractivity contribution in [3.05, 3.63) is 45.9 Å². The molecule has 0 aliphatic carbocycles. The number of carbonyl (C=O) groups is 1. The molecule has 0 saturated carbocycles. The first-order valence-corrected chi connectivity index (χ1v) is 8.44. The molecule has 0 radical (unpaired) electrons. The molecule has 1 aromatic carbocycles. The molecule has 0 fully saturated rings. The number of benzene rings is 1. The molecule has 24 heavy (non-hydrogen) atoms. The summed E-state index contributed by atoms with van der Waals surface area (Å²) in [5.41, 5.74) is 7.28. The molecule has 1 aromatic heterocycles. The van der Waals surface area contributed by atoms with Crippen molar-refractivity contribution in [2.75, 3.05) is 13.2 Å². The number of aromatic nitrogens is 1. The first-order chi connectivity index (χ1) is 10.9. The Morgan fingerprint density at radius 1 is 1.29 bits per heavy atom. The summed E-state index contributed by atoms with van der Waals surface area (Å²) in [7, 11) is 0. The van der Waals surface area contributed by atoms with Crippen molar-refractivity contribution in [3.63, 3.8) is 0 Å². The van der Waals surface area contributed by atoms with Crippen LogP contribution in [0.4, 0.5) is 0 Å². The van der Waals surface area contributed by atoms with Crippen LogP contribution in [0.2, 0.25) is 0 Å². The molecule has 0 spiro atoms. The van der Waals surface area contributed by atoms with Gasteiger partial charge in [0.1, 0.15) is 23.1 Å². The molecule has 1 heterocycles. The number of nitrogens with two attached hydrogens (primary N) is 1. The van der Waals surface area contributed by atoms with Crippen molar-refractivity contribution in [2.24, 2.45) is 5.73 Å². The highest BCUT2D eigenvalue weighted by Crippen LogP contribution is 2.24. The Kier molecular flexibility index (Phi) is 7.66. The molecule has 0 saturated heterocycles. The summed E-state index contributed by atoms with van der Waals surface area (Å²) >= 11 is 1.39. The number of rotatable bonds is 6. The van der Waals surface area contributed by atoms with Crippen LogP contribution in [-0.4, -0.2) is 24.0 Å². The maximum absolute atomic E-state index is 11.9. The van der Waals surface area contributed by atoms with E-state index in [1.54, 1.807) is 5.38 Å². The number of hydrogen-bond donors (Lipinski definition) is 2. The zero-order valence-corrected chi connectivity index (χ0v) is 15.8. The van der Waals surface area contributed by atoms with Gasteiger partial charge < -0.3 is 15.8 Å². The van der Waals surface area contributed by atoms with Crippen LogP contribution in [-0.2, 0) is 12.0 Å². The number of hydrogen-bond acceptors (Lipinski definition) is 5. The first kappa shape index (κ1) is 20.4. The lowest BCUT2D eigenvalue weighted by molar-refractivity contribution is 0.0942. The lowest BCUT2D eigenvalue weighted by atomic mass is 9.87. The van der Waals surface area contributed by atoms with Crippen LogP contribution in [0, 0.1) is 0 Å². The van der Waals surface area contributed by atoms with Crippen molar-refractivity contribution in [3.8, 4) is 5.75 Å². The average Bonchev–Trinajstić information content (AvgIpc) is 3.00. The summed E-state index contributed by atoms with van der Waals surface area (Å²) in [4.78, 5) is 16.0. The fourth-order valence-corrected chi connectivity index (χ4v) is 2.64. The van der Waals surface area contributed by atoms with E-state index in [2.05, 4.69) is 43.2 Å². The summed E-state index contributed by atoms with van der Waals surface area (Å²) in [5.74, 6) is 0.596. The van der Waals surface area contributed by atoms with Crippen LogP contribution in [0.15, 0.2) is 29.6 Å². The molecular formula is C17H24ClN3O2S. The Hall–Kier alpha value is -1.63. The molecule has 0 aliphatic heterocycles. The zero-order valence-electron chi connectivity index (χ0n) is 14.2. The number of ether oxygens (including phenoxy) is 1. The van der Waals surface area contributed by atoms with Gasteiger partial charge in [-0.2, -0.15) is 0 Å². The van der Waals surface area contributed by atoms with Crippen molar-refractivity contribution in [2.45, 2.75) is 32.7 Å². The summed E-state index contributed by atoms with van der Waals surface area (Å²) in [6.07, 6.45) is 0. The Morgan fingerprint density at radius 3 is 2.50 bits per heavy atom. The summed E-state index contributed by atoms with van der Waals surface area (Å²) < 4.78 is 5.63. The minimum Gasteiger partial charge on any atom is -0.492 e. The zero-order chi connectivity index (χ0) is 16.9. The van der Waals surface area contributed by atoms with Gasteiger partial charge in [0, 0.05) is 11.9 Å². The van der Waals surface area contributed by atoms with Crippen LogP contribution in [0.5, 0.6) is 5.75 Å². The number of carbonyl (C=O) groups excluding carboxylic acids is 1. The van der Waals surface area contributed by atoms with Gasteiger partial charge in [0.15, 0.2) is 0 Å². The lowest BCUT2D eigenvalue weighted by Crippen LogP contribution is -2.28. The molecule has 2 aromatic rings. The Bertz CT molecular complexity index is 651. The van der Waals surface area contributed by atoms with Gasteiger partial charge in [-0.15, -0.1) is 23.7 Å². The predicted octanol–water partition coefficient (Wildman–Crippen LogP) is 3.13. The SMILES string of the molecule is CC(C)(C)c1ccc(OCCNC(=O)c2csc(CN)n2)cc1.Cl. The third-order valence-corrected chi connectivity index (χ3v) is 4.21. The molecule has 0 bridgehead atoms. The third-order valence-electron chi connectivity index (χ3n) is 3.34. The van der Waals surface area contributed by atoms with E-state index in [9.17, 15) is 4.79 Å². The third kappa shape index (κ3) is 5.78. The van der Waals surface area contributed by atoms with Gasteiger partial charge in [-0.05, 0) is 23.1 Å². The van der Waals surface area contributed by atoms with Crippen molar-refractivity contribution in [1.29, 1.82) is 0 Å². The average molecular weight is 370 g/mol. The Morgan fingerprint density at radius 2 is 1.96 bits per heavy atom. The Balaban J connectivity index is 0.00000288. The predicted molar refractivity (Wildman–Crippen MR) is 100 cm³/mol. The molecule has 7 heteroatoms. The molecule has 3 N–H and O–H groups in total. The van der Waals surface area contributed by atoms with E-state index in [1.807, 2.05) is 12.1 Å².